The summed E-state index contributed by atoms with van der Waals surface area (Å²) in [4.78, 5) is 25.6. The number of nitrogens with zero attached hydrogens (tertiary/aromatic N) is 5. The summed E-state index contributed by atoms with van der Waals surface area (Å²) < 4.78 is 1.77. The lowest BCUT2D eigenvalue weighted by Gasteiger charge is -2.35. The lowest BCUT2D eigenvalue weighted by Crippen LogP contribution is -2.49. The fourth-order valence-electron chi connectivity index (χ4n) is 3.36. The molecule has 0 N–H and O–H groups in total. The maximum absolute atomic E-state index is 12.6. The Labute approximate surface area is 146 Å². The predicted octanol–water partition coefficient (Wildman–Crippen LogP) is 2.24. The van der Waals surface area contributed by atoms with Crippen LogP contribution in [0.1, 0.15) is 16.1 Å². The first-order chi connectivity index (χ1) is 12.1. The van der Waals surface area contributed by atoms with Crippen molar-refractivity contribution in [2.24, 2.45) is 7.05 Å². The minimum Gasteiger partial charge on any atom is -0.353 e. The monoisotopic (exact) mass is 335 g/mol. The van der Waals surface area contributed by atoms with Gasteiger partial charge in [-0.05, 0) is 24.6 Å². The highest BCUT2D eigenvalue weighted by atomic mass is 16.2. The number of fused-ring (bicyclic) bond motifs is 1. The summed E-state index contributed by atoms with van der Waals surface area (Å²) in [6.45, 7) is 5.08. The van der Waals surface area contributed by atoms with Crippen molar-refractivity contribution >= 4 is 22.6 Å². The number of aromatic nitrogens is 3. The van der Waals surface area contributed by atoms with Crippen molar-refractivity contribution in [1.82, 2.24) is 19.4 Å². The molecule has 6 nitrogen and oxygen atoms in total. The summed E-state index contributed by atoms with van der Waals surface area (Å²) in [7, 11) is 1.85. The van der Waals surface area contributed by atoms with Crippen LogP contribution in [-0.4, -0.2) is 51.5 Å². The molecule has 4 rings (SSSR count). The van der Waals surface area contributed by atoms with Gasteiger partial charge in [-0.3, -0.25) is 4.79 Å². The number of amides is 1. The van der Waals surface area contributed by atoms with Crippen molar-refractivity contribution < 1.29 is 4.79 Å². The molecule has 1 fully saturated rings. The zero-order valence-corrected chi connectivity index (χ0v) is 14.5. The van der Waals surface area contributed by atoms with Crippen LogP contribution in [0.3, 0.4) is 0 Å². The molecule has 3 aromatic rings. The van der Waals surface area contributed by atoms with Gasteiger partial charge >= 0.3 is 0 Å². The number of rotatable bonds is 2. The average molecular weight is 335 g/mol. The molecule has 128 valence electrons. The van der Waals surface area contributed by atoms with Crippen molar-refractivity contribution in [2.75, 3.05) is 31.1 Å². The molecule has 2 aromatic heterocycles. The highest BCUT2D eigenvalue weighted by Crippen LogP contribution is 2.23. The van der Waals surface area contributed by atoms with Crippen LogP contribution in [0.15, 0.2) is 42.9 Å². The Kier molecular flexibility index (Phi) is 3.87. The lowest BCUT2D eigenvalue weighted by atomic mass is 10.1. The molecule has 0 unspecified atom stereocenters. The van der Waals surface area contributed by atoms with Gasteiger partial charge in [-0.1, -0.05) is 18.2 Å². The number of carbonyl (C=O) groups excluding carboxylic acids is 1. The highest BCUT2D eigenvalue weighted by Gasteiger charge is 2.24. The number of aryl methyl sites for hydroxylation is 2. The molecular weight excluding hydrogens is 314 g/mol. The first-order valence-electron chi connectivity index (χ1n) is 8.50. The molecule has 0 saturated carbocycles. The van der Waals surface area contributed by atoms with E-state index in [9.17, 15) is 4.79 Å². The van der Waals surface area contributed by atoms with Gasteiger partial charge < -0.3 is 14.4 Å². The number of anilines is 1. The predicted molar refractivity (Wildman–Crippen MR) is 97.8 cm³/mol. The van der Waals surface area contributed by atoms with E-state index < -0.39 is 0 Å². The van der Waals surface area contributed by atoms with Gasteiger partial charge in [-0.2, -0.15) is 0 Å². The van der Waals surface area contributed by atoms with Crippen molar-refractivity contribution in [3.63, 3.8) is 0 Å². The van der Waals surface area contributed by atoms with Gasteiger partial charge in [0, 0.05) is 38.6 Å². The largest absolute Gasteiger partial charge is 0.353 e. The summed E-state index contributed by atoms with van der Waals surface area (Å²) in [5.41, 5.74) is 2.88. The molecule has 0 bridgehead atoms. The van der Waals surface area contributed by atoms with E-state index >= 15 is 0 Å². The molecule has 6 heteroatoms. The van der Waals surface area contributed by atoms with E-state index in [-0.39, 0.29) is 5.91 Å². The number of hydrogen-bond donors (Lipinski definition) is 0. The van der Waals surface area contributed by atoms with E-state index in [1.165, 1.54) is 10.9 Å². The Balaban J connectivity index is 1.50. The number of carbonyl (C=O) groups is 1. The summed E-state index contributed by atoms with van der Waals surface area (Å²) in [5.74, 6) is 1.03. The summed E-state index contributed by atoms with van der Waals surface area (Å²) in [6, 6.07) is 10.4. The molecule has 0 radical (unpaired) electrons. The van der Waals surface area contributed by atoms with E-state index in [1.54, 1.807) is 17.1 Å². The molecule has 3 heterocycles. The number of hydrogen-bond acceptors (Lipinski definition) is 4. The third kappa shape index (κ3) is 2.84. The minimum atomic E-state index is 0.0438. The van der Waals surface area contributed by atoms with Crippen LogP contribution in [0.4, 0.5) is 5.82 Å². The maximum atomic E-state index is 12.6. The van der Waals surface area contributed by atoms with E-state index in [1.807, 2.05) is 30.1 Å². The first kappa shape index (κ1) is 15.6. The molecule has 0 spiro atoms. The lowest BCUT2D eigenvalue weighted by molar-refractivity contribution is 0.0737. The minimum absolute atomic E-state index is 0.0438. The van der Waals surface area contributed by atoms with E-state index in [0.717, 1.165) is 24.4 Å². The number of para-hydroxylation sites is 1. The molecular formula is C19H21N5O. The van der Waals surface area contributed by atoms with Gasteiger partial charge in [0.05, 0.1) is 18.0 Å². The first-order valence-corrected chi connectivity index (χ1v) is 8.50. The molecule has 0 aliphatic carbocycles. The standard InChI is InChI=1S/C19H21N5O/c1-14-11-18(21-16-6-4-3-5-15(14)16)23-7-9-24(10-8-23)19(25)17-12-20-13-22(17)2/h3-6,11-13H,7-10H2,1-2H3. The third-order valence-electron chi connectivity index (χ3n) is 4.84. The zero-order chi connectivity index (χ0) is 17.4. The van der Waals surface area contributed by atoms with Crippen molar-refractivity contribution in [1.29, 1.82) is 0 Å². The second kappa shape index (κ2) is 6.20. The fraction of sp³-hybridized carbons (Fsp3) is 0.316. The van der Waals surface area contributed by atoms with Gasteiger partial charge in [-0.15, -0.1) is 0 Å². The van der Waals surface area contributed by atoms with Crippen molar-refractivity contribution in [3.8, 4) is 0 Å². The van der Waals surface area contributed by atoms with Crippen molar-refractivity contribution in [2.45, 2.75) is 6.92 Å². The summed E-state index contributed by atoms with van der Waals surface area (Å²) >= 11 is 0. The topological polar surface area (TPSA) is 54.3 Å². The average Bonchev–Trinajstić information content (AvgIpc) is 3.07. The van der Waals surface area contributed by atoms with Crippen LogP contribution in [0.5, 0.6) is 0 Å². The van der Waals surface area contributed by atoms with Gasteiger partial charge in [0.15, 0.2) is 0 Å². The van der Waals surface area contributed by atoms with E-state index in [0.29, 0.717) is 18.8 Å². The van der Waals surface area contributed by atoms with Crippen LogP contribution in [0, 0.1) is 6.92 Å². The third-order valence-corrected chi connectivity index (χ3v) is 4.84. The van der Waals surface area contributed by atoms with Gasteiger partial charge in [0.25, 0.3) is 5.91 Å². The summed E-state index contributed by atoms with van der Waals surface area (Å²) in [5, 5.41) is 1.19. The Morgan fingerprint density at radius 2 is 1.88 bits per heavy atom. The second-order valence-corrected chi connectivity index (χ2v) is 6.48. The van der Waals surface area contributed by atoms with Crippen LogP contribution < -0.4 is 4.90 Å². The smallest absolute Gasteiger partial charge is 0.272 e. The number of imidazole rings is 1. The fourth-order valence-corrected chi connectivity index (χ4v) is 3.36. The highest BCUT2D eigenvalue weighted by molar-refractivity contribution is 5.92. The van der Waals surface area contributed by atoms with Gasteiger partial charge in [-0.25, -0.2) is 9.97 Å². The Morgan fingerprint density at radius 3 is 2.60 bits per heavy atom. The number of benzene rings is 1. The van der Waals surface area contributed by atoms with E-state index in [2.05, 4.69) is 28.9 Å². The molecule has 25 heavy (non-hydrogen) atoms. The maximum Gasteiger partial charge on any atom is 0.272 e. The van der Waals surface area contributed by atoms with Crippen LogP contribution >= 0.6 is 0 Å². The van der Waals surface area contributed by atoms with Crippen LogP contribution in [0.2, 0.25) is 0 Å². The molecule has 1 aliphatic rings. The zero-order valence-electron chi connectivity index (χ0n) is 14.5. The molecule has 1 aliphatic heterocycles. The molecule has 1 amide bonds. The molecule has 0 atom stereocenters. The normalized spacial score (nSPS) is 15.0. The number of pyridine rings is 1. The van der Waals surface area contributed by atoms with E-state index in [4.69, 9.17) is 4.98 Å². The summed E-state index contributed by atoms with van der Waals surface area (Å²) in [6.07, 6.45) is 3.29. The second-order valence-electron chi connectivity index (χ2n) is 6.48. The molecule has 1 aromatic carbocycles. The quantitative estimate of drug-likeness (QED) is 0.721. The van der Waals surface area contributed by atoms with Gasteiger partial charge in [0.2, 0.25) is 0 Å². The SMILES string of the molecule is Cc1cc(N2CCN(C(=O)c3cncn3C)CC2)nc2ccccc12. The molecule has 1 saturated heterocycles. The van der Waals surface area contributed by atoms with Gasteiger partial charge in [0.1, 0.15) is 11.5 Å². The van der Waals surface area contributed by atoms with Crippen molar-refractivity contribution in [3.05, 3.63) is 54.1 Å². The number of piperazine rings is 1. The Morgan fingerprint density at radius 1 is 1.12 bits per heavy atom. The Bertz CT molecular complexity index is 924. The Hall–Kier alpha value is -2.89. The van der Waals surface area contributed by atoms with Crippen LogP contribution in [-0.2, 0) is 7.05 Å². The van der Waals surface area contributed by atoms with Crippen LogP contribution in [0.25, 0.3) is 10.9 Å².